The Morgan fingerprint density at radius 1 is 1.18 bits per heavy atom. The lowest BCUT2D eigenvalue weighted by atomic mass is 9.88. The number of carbonyl (C=O) groups excluding carboxylic acids is 1. The molecule has 2 heterocycles. The predicted molar refractivity (Wildman–Crippen MR) is 134 cm³/mol. The van der Waals surface area contributed by atoms with Crippen molar-refractivity contribution >= 4 is 24.2 Å². The number of piperidine rings is 1. The number of likely N-dealkylation sites (tertiary alicyclic amines) is 1. The minimum atomic E-state index is 0.0712. The molecule has 34 heavy (non-hydrogen) atoms. The molecule has 0 unspecified atom stereocenters. The van der Waals surface area contributed by atoms with E-state index >= 15 is 0 Å². The lowest BCUT2D eigenvalue weighted by molar-refractivity contribution is -0.286. The van der Waals surface area contributed by atoms with Crippen molar-refractivity contribution in [2.24, 2.45) is 4.99 Å². The van der Waals surface area contributed by atoms with Crippen LogP contribution >= 0.6 is 0 Å². The number of ether oxygens (including phenoxy) is 1. The largest absolute Gasteiger partial charge is 0.372 e. The number of amides is 1. The van der Waals surface area contributed by atoms with Crippen LogP contribution in [-0.2, 0) is 4.74 Å². The van der Waals surface area contributed by atoms with Gasteiger partial charge in [0.2, 0.25) is 0 Å². The third-order valence-corrected chi connectivity index (χ3v) is 6.84. The highest BCUT2D eigenvalue weighted by Crippen LogP contribution is 2.32. The predicted octanol–water partition coefficient (Wildman–Crippen LogP) is 4.66. The number of hydrogen-bond donors (Lipinski definition) is 0. The van der Waals surface area contributed by atoms with Gasteiger partial charge in [0.05, 0.1) is 18.4 Å². The smallest absolute Gasteiger partial charge is 0.329 e. The second kappa shape index (κ2) is 9.74. The van der Waals surface area contributed by atoms with Gasteiger partial charge in [-0.15, -0.1) is 0 Å². The standard InChI is InChI=1S/C28H31N4O2/c1-18-14-19(2)25(15-24(18)27-20(3)30-26(17-34-5)31(27)4)28(33)32-12-10-23(11-13-32)22-8-6-21(16-29)7-9-22/h6-9,14-15,23H,4,10-13,17H2,1-3,5H3/q+1. The van der Waals surface area contributed by atoms with Gasteiger partial charge in [-0.1, -0.05) is 18.2 Å². The number of amidine groups is 1. The maximum atomic E-state index is 13.6. The van der Waals surface area contributed by atoms with E-state index in [9.17, 15) is 4.79 Å². The molecular formula is C28H31N4O2+. The summed E-state index contributed by atoms with van der Waals surface area (Å²) < 4.78 is 7.07. The molecule has 2 aromatic carbocycles. The van der Waals surface area contributed by atoms with Gasteiger partial charge in [-0.2, -0.15) is 5.26 Å². The molecule has 0 aromatic heterocycles. The van der Waals surface area contributed by atoms with Crippen molar-refractivity contribution in [3.63, 3.8) is 0 Å². The molecule has 0 radical (unpaired) electrons. The molecule has 0 N–H and O–H groups in total. The molecular weight excluding hydrogens is 424 g/mol. The number of aryl methyl sites for hydroxylation is 2. The Morgan fingerprint density at radius 2 is 1.85 bits per heavy atom. The van der Waals surface area contributed by atoms with Gasteiger partial charge < -0.3 is 9.64 Å². The number of nitriles is 1. The third-order valence-electron chi connectivity index (χ3n) is 6.84. The molecule has 0 atom stereocenters. The van der Waals surface area contributed by atoms with Crippen LogP contribution in [0.5, 0.6) is 0 Å². The first-order chi connectivity index (χ1) is 16.3. The maximum absolute atomic E-state index is 13.6. The molecule has 0 aliphatic carbocycles. The molecule has 0 bridgehead atoms. The summed E-state index contributed by atoms with van der Waals surface area (Å²) in [5.74, 6) is 1.24. The van der Waals surface area contributed by atoms with Crippen molar-refractivity contribution in [2.75, 3.05) is 26.8 Å². The van der Waals surface area contributed by atoms with E-state index in [0.29, 0.717) is 18.1 Å². The summed E-state index contributed by atoms with van der Waals surface area (Å²) >= 11 is 0. The minimum Gasteiger partial charge on any atom is -0.372 e. The Labute approximate surface area is 201 Å². The highest BCUT2D eigenvalue weighted by atomic mass is 16.5. The fraction of sp³-hybridized carbons (Fsp3) is 0.357. The van der Waals surface area contributed by atoms with Gasteiger partial charge in [-0.05, 0) is 72.5 Å². The molecule has 2 aromatic rings. The van der Waals surface area contributed by atoms with E-state index in [1.165, 1.54) is 5.56 Å². The van der Waals surface area contributed by atoms with Gasteiger partial charge in [-0.3, -0.25) is 4.79 Å². The number of methoxy groups -OCH3 is 1. The SMILES string of the molecule is C=[N+]1C(COC)=NC(C)=C1c1cc(C(=O)N2CCC(c3ccc(C#N)cc3)CC2)c(C)cc1C. The van der Waals surface area contributed by atoms with Gasteiger partial charge in [0.25, 0.3) is 5.91 Å². The molecule has 4 rings (SSSR count). The number of rotatable bonds is 5. The fourth-order valence-electron chi connectivity index (χ4n) is 4.96. The molecule has 2 aliphatic rings. The van der Waals surface area contributed by atoms with Gasteiger partial charge in [-0.25, -0.2) is 4.58 Å². The number of carbonyl (C=O) groups is 1. The number of allylic oxidation sites excluding steroid dienone is 1. The molecule has 1 saturated heterocycles. The van der Waals surface area contributed by atoms with Crippen molar-refractivity contribution < 1.29 is 14.1 Å². The summed E-state index contributed by atoms with van der Waals surface area (Å²) in [6.07, 6.45) is 1.83. The van der Waals surface area contributed by atoms with Crippen LogP contribution in [-0.4, -0.2) is 54.7 Å². The third kappa shape index (κ3) is 4.44. The van der Waals surface area contributed by atoms with Gasteiger partial charge in [0, 0.05) is 38.2 Å². The zero-order chi connectivity index (χ0) is 24.4. The Kier molecular flexibility index (Phi) is 6.76. The minimum absolute atomic E-state index is 0.0712. The lowest BCUT2D eigenvalue weighted by Gasteiger charge is -2.33. The molecule has 1 amide bonds. The van der Waals surface area contributed by atoms with Crippen molar-refractivity contribution in [1.82, 2.24) is 4.90 Å². The van der Waals surface area contributed by atoms with Crippen LogP contribution in [0.15, 0.2) is 47.1 Å². The van der Waals surface area contributed by atoms with E-state index in [-0.39, 0.29) is 5.91 Å². The Balaban J connectivity index is 1.53. The zero-order valence-electron chi connectivity index (χ0n) is 20.4. The second-order valence-electron chi connectivity index (χ2n) is 9.11. The zero-order valence-corrected chi connectivity index (χ0v) is 20.4. The number of nitrogens with zero attached hydrogens (tertiary/aromatic N) is 4. The summed E-state index contributed by atoms with van der Waals surface area (Å²) in [5, 5.41) is 9.02. The molecule has 6 heteroatoms. The first kappa shape index (κ1) is 23.6. The summed E-state index contributed by atoms with van der Waals surface area (Å²) in [4.78, 5) is 20.1. The maximum Gasteiger partial charge on any atom is 0.329 e. The Bertz CT molecular complexity index is 1240. The first-order valence-electron chi connectivity index (χ1n) is 11.6. The van der Waals surface area contributed by atoms with Crippen LogP contribution < -0.4 is 0 Å². The molecule has 1 fully saturated rings. The molecule has 0 spiro atoms. The van der Waals surface area contributed by atoms with Gasteiger partial charge >= 0.3 is 5.84 Å². The van der Waals surface area contributed by atoms with Crippen molar-refractivity contribution in [3.05, 3.63) is 75.5 Å². The summed E-state index contributed by atoms with van der Waals surface area (Å²) in [6.45, 7) is 12.0. The molecule has 0 saturated carbocycles. The summed E-state index contributed by atoms with van der Waals surface area (Å²) in [7, 11) is 1.64. The average molecular weight is 456 g/mol. The lowest BCUT2D eigenvalue weighted by Crippen LogP contribution is -2.38. The number of aliphatic imine (C=N–C) groups is 1. The van der Waals surface area contributed by atoms with E-state index < -0.39 is 0 Å². The van der Waals surface area contributed by atoms with Crippen LogP contribution in [0.3, 0.4) is 0 Å². The van der Waals surface area contributed by atoms with Crippen molar-refractivity contribution in [1.29, 1.82) is 5.26 Å². The monoisotopic (exact) mass is 455 g/mol. The van der Waals surface area contributed by atoms with Gasteiger partial charge in [0.1, 0.15) is 0 Å². The van der Waals surface area contributed by atoms with Crippen LogP contribution in [0, 0.1) is 25.2 Å². The van der Waals surface area contributed by atoms with Gasteiger partial charge in [0.15, 0.2) is 18.0 Å². The van der Waals surface area contributed by atoms with Crippen LogP contribution in [0.1, 0.15) is 63.9 Å². The van der Waals surface area contributed by atoms with Crippen LogP contribution in [0.4, 0.5) is 0 Å². The molecule has 6 nitrogen and oxygen atoms in total. The highest BCUT2D eigenvalue weighted by Gasteiger charge is 2.32. The quantitative estimate of drug-likeness (QED) is 0.616. The fourth-order valence-corrected chi connectivity index (χ4v) is 4.96. The average Bonchev–Trinajstić information content (AvgIpc) is 3.12. The summed E-state index contributed by atoms with van der Waals surface area (Å²) in [5.41, 5.74) is 7.47. The van der Waals surface area contributed by atoms with E-state index in [4.69, 9.17) is 10.00 Å². The van der Waals surface area contributed by atoms with E-state index in [2.05, 4.69) is 30.8 Å². The molecule has 174 valence electrons. The number of hydrogen-bond acceptors (Lipinski definition) is 4. The van der Waals surface area contributed by atoms with Crippen LogP contribution in [0.2, 0.25) is 0 Å². The topological polar surface area (TPSA) is 68.7 Å². The van der Waals surface area contributed by atoms with Crippen molar-refractivity contribution in [3.8, 4) is 6.07 Å². The number of benzene rings is 2. The second-order valence-corrected chi connectivity index (χ2v) is 9.11. The first-order valence-corrected chi connectivity index (χ1v) is 11.6. The van der Waals surface area contributed by atoms with E-state index in [0.717, 1.165) is 65.4 Å². The molecule has 2 aliphatic heterocycles. The van der Waals surface area contributed by atoms with Crippen LogP contribution in [0.25, 0.3) is 5.70 Å². The Morgan fingerprint density at radius 3 is 2.47 bits per heavy atom. The summed E-state index contributed by atoms with van der Waals surface area (Å²) in [6, 6.07) is 14.1. The highest BCUT2D eigenvalue weighted by molar-refractivity contribution is 5.97. The van der Waals surface area contributed by atoms with Crippen molar-refractivity contribution in [2.45, 2.75) is 39.5 Å². The Hall–Kier alpha value is -3.56. The normalized spacial score (nSPS) is 16.6. The van der Waals surface area contributed by atoms with E-state index in [1.807, 2.05) is 53.7 Å². The van der Waals surface area contributed by atoms with E-state index in [1.54, 1.807) is 7.11 Å².